The molecular weight excluding hydrogens is 301 g/mol. The molecule has 0 saturated carbocycles. The third kappa shape index (κ3) is 3.49. The SMILES string of the molecule is O=P(O)(O)Cc1ccc(-n2cc(-c3ccccc3)nn2)cc1. The summed E-state index contributed by atoms with van der Waals surface area (Å²) in [6, 6.07) is 16.6. The van der Waals surface area contributed by atoms with Gasteiger partial charge < -0.3 is 9.79 Å². The first-order chi connectivity index (χ1) is 10.5. The smallest absolute Gasteiger partial charge is 0.324 e. The fourth-order valence-corrected chi connectivity index (χ4v) is 2.81. The monoisotopic (exact) mass is 315 g/mol. The van der Waals surface area contributed by atoms with Crippen LogP contribution >= 0.6 is 7.60 Å². The first kappa shape index (κ1) is 14.7. The van der Waals surface area contributed by atoms with Crippen molar-refractivity contribution in [3.05, 3.63) is 66.4 Å². The van der Waals surface area contributed by atoms with Crippen molar-refractivity contribution in [3.8, 4) is 16.9 Å². The van der Waals surface area contributed by atoms with Crippen LogP contribution in [0.4, 0.5) is 0 Å². The van der Waals surface area contributed by atoms with Crippen LogP contribution in [-0.4, -0.2) is 24.8 Å². The average molecular weight is 315 g/mol. The summed E-state index contributed by atoms with van der Waals surface area (Å²) in [7, 11) is -4.05. The van der Waals surface area contributed by atoms with Crippen molar-refractivity contribution in [2.75, 3.05) is 0 Å². The topological polar surface area (TPSA) is 88.2 Å². The zero-order valence-corrected chi connectivity index (χ0v) is 12.5. The normalized spacial score (nSPS) is 11.5. The molecule has 2 N–H and O–H groups in total. The summed E-state index contributed by atoms with van der Waals surface area (Å²) in [6.45, 7) is 0. The summed E-state index contributed by atoms with van der Waals surface area (Å²) in [4.78, 5) is 17.9. The summed E-state index contributed by atoms with van der Waals surface area (Å²) in [5, 5.41) is 8.21. The first-order valence-electron chi connectivity index (χ1n) is 6.63. The molecule has 0 aliphatic heterocycles. The van der Waals surface area contributed by atoms with Crippen LogP contribution in [-0.2, 0) is 10.7 Å². The van der Waals surface area contributed by atoms with E-state index in [0.29, 0.717) is 5.56 Å². The molecule has 1 aromatic heterocycles. The van der Waals surface area contributed by atoms with Crippen LogP contribution in [0.1, 0.15) is 5.56 Å². The minimum Gasteiger partial charge on any atom is -0.324 e. The Kier molecular flexibility index (Phi) is 3.90. The molecule has 22 heavy (non-hydrogen) atoms. The van der Waals surface area contributed by atoms with E-state index in [1.807, 2.05) is 36.5 Å². The second kappa shape index (κ2) is 5.85. The van der Waals surface area contributed by atoms with Crippen molar-refractivity contribution in [2.24, 2.45) is 0 Å². The molecule has 0 atom stereocenters. The summed E-state index contributed by atoms with van der Waals surface area (Å²) < 4.78 is 12.6. The van der Waals surface area contributed by atoms with Gasteiger partial charge in [-0.2, -0.15) is 0 Å². The lowest BCUT2D eigenvalue weighted by molar-refractivity contribution is 0.371. The molecule has 3 aromatic rings. The van der Waals surface area contributed by atoms with Crippen LogP contribution in [0.3, 0.4) is 0 Å². The molecule has 0 saturated heterocycles. The van der Waals surface area contributed by atoms with E-state index in [4.69, 9.17) is 9.79 Å². The van der Waals surface area contributed by atoms with Crippen LogP contribution in [0.25, 0.3) is 16.9 Å². The zero-order valence-electron chi connectivity index (χ0n) is 11.6. The highest BCUT2D eigenvalue weighted by Gasteiger charge is 2.13. The van der Waals surface area contributed by atoms with Gasteiger partial charge in [0.25, 0.3) is 0 Å². The van der Waals surface area contributed by atoms with Crippen molar-refractivity contribution in [1.29, 1.82) is 0 Å². The van der Waals surface area contributed by atoms with Gasteiger partial charge in [0.2, 0.25) is 0 Å². The van der Waals surface area contributed by atoms with Gasteiger partial charge in [-0.1, -0.05) is 47.7 Å². The standard InChI is InChI=1S/C15H14N3O3P/c19-22(20,21)11-12-6-8-14(9-7-12)18-10-15(16-17-18)13-4-2-1-3-5-13/h1-10H,11H2,(H2,19,20,21). The predicted molar refractivity (Wildman–Crippen MR) is 82.5 cm³/mol. The molecule has 0 aliphatic carbocycles. The molecule has 7 heteroatoms. The van der Waals surface area contributed by atoms with Crippen molar-refractivity contribution in [1.82, 2.24) is 15.0 Å². The number of aromatic nitrogens is 3. The highest BCUT2D eigenvalue weighted by Crippen LogP contribution is 2.39. The Bertz CT molecular complexity index is 810. The van der Waals surface area contributed by atoms with Crippen molar-refractivity contribution < 1.29 is 14.4 Å². The predicted octanol–water partition coefficient (Wildman–Crippen LogP) is 2.61. The van der Waals surface area contributed by atoms with Gasteiger partial charge in [-0.3, -0.25) is 4.57 Å². The van der Waals surface area contributed by atoms with Gasteiger partial charge in [-0.05, 0) is 17.7 Å². The molecule has 0 amide bonds. The molecule has 0 spiro atoms. The van der Waals surface area contributed by atoms with E-state index >= 15 is 0 Å². The van der Waals surface area contributed by atoms with Gasteiger partial charge in [-0.25, -0.2) is 4.68 Å². The van der Waals surface area contributed by atoms with Gasteiger partial charge >= 0.3 is 7.60 Å². The van der Waals surface area contributed by atoms with Gasteiger partial charge in [-0.15, -0.1) is 5.10 Å². The van der Waals surface area contributed by atoms with Gasteiger partial charge in [0.1, 0.15) is 5.69 Å². The molecule has 0 aliphatic rings. The van der Waals surface area contributed by atoms with Crippen LogP contribution < -0.4 is 0 Å². The highest BCUT2D eigenvalue weighted by atomic mass is 31.2. The Morgan fingerprint density at radius 1 is 1.00 bits per heavy atom. The van der Waals surface area contributed by atoms with E-state index < -0.39 is 7.60 Å². The largest absolute Gasteiger partial charge is 0.329 e. The lowest BCUT2D eigenvalue weighted by atomic mass is 10.2. The first-order valence-corrected chi connectivity index (χ1v) is 8.43. The second-order valence-electron chi connectivity index (χ2n) is 4.90. The fourth-order valence-electron chi connectivity index (χ4n) is 2.12. The Balaban J connectivity index is 1.83. The number of benzene rings is 2. The Morgan fingerprint density at radius 3 is 2.32 bits per heavy atom. The van der Waals surface area contributed by atoms with Crippen LogP contribution in [0.2, 0.25) is 0 Å². The molecule has 0 unspecified atom stereocenters. The third-order valence-corrected chi connectivity index (χ3v) is 3.93. The number of nitrogens with zero attached hydrogens (tertiary/aromatic N) is 3. The maximum atomic E-state index is 11.0. The van der Waals surface area contributed by atoms with Gasteiger partial charge in [0.05, 0.1) is 18.0 Å². The lowest BCUT2D eigenvalue weighted by Crippen LogP contribution is -1.95. The third-order valence-electron chi connectivity index (χ3n) is 3.15. The van der Waals surface area contributed by atoms with Gasteiger partial charge in [0, 0.05) is 5.56 Å². The summed E-state index contributed by atoms with van der Waals surface area (Å²) >= 11 is 0. The molecule has 0 bridgehead atoms. The molecule has 112 valence electrons. The van der Waals surface area contributed by atoms with E-state index in [2.05, 4.69) is 10.3 Å². The van der Waals surface area contributed by atoms with Crippen LogP contribution in [0.5, 0.6) is 0 Å². The Labute approximate surface area is 127 Å². The minimum absolute atomic E-state index is 0.264. The molecule has 1 heterocycles. The van der Waals surface area contributed by atoms with E-state index in [1.54, 1.807) is 28.9 Å². The second-order valence-corrected chi connectivity index (χ2v) is 6.55. The zero-order chi connectivity index (χ0) is 15.6. The van der Waals surface area contributed by atoms with Crippen molar-refractivity contribution in [2.45, 2.75) is 6.16 Å². The Morgan fingerprint density at radius 2 is 1.68 bits per heavy atom. The molecule has 0 radical (unpaired) electrons. The van der Waals surface area contributed by atoms with E-state index in [9.17, 15) is 4.57 Å². The fraction of sp³-hybridized carbons (Fsp3) is 0.0667. The van der Waals surface area contributed by atoms with Crippen molar-refractivity contribution >= 4 is 7.60 Å². The maximum Gasteiger partial charge on any atom is 0.329 e. The van der Waals surface area contributed by atoms with E-state index in [-0.39, 0.29) is 6.16 Å². The molecular formula is C15H14N3O3P. The summed E-state index contributed by atoms with van der Waals surface area (Å²) in [5.74, 6) is 0. The highest BCUT2D eigenvalue weighted by molar-refractivity contribution is 7.50. The maximum absolute atomic E-state index is 11.0. The number of rotatable bonds is 4. The summed E-state index contributed by atoms with van der Waals surface area (Å²) in [6.07, 6.45) is 1.55. The van der Waals surface area contributed by atoms with Gasteiger partial charge in [0.15, 0.2) is 0 Å². The lowest BCUT2D eigenvalue weighted by Gasteiger charge is -2.05. The van der Waals surface area contributed by atoms with E-state index in [1.165, 1.54) is 0 Å². The van der Waals surface area contributed by atoms with Crippen molar-refractivity contribution in [3.63, 3.8) is 0 Å². The minimum atomic E-state index is -4.05. The van der Waals surface area contributed by atoms with E-state index in [0.717, 1.165) is 16.9 Å². The molecule has 0 fully saturated rings. The Hall–Kier alpha value is -2.27. The number of hydrogen-bond donors (Lipinski definition) is 2. The average Bonchev–Trinajstić information content (AvgIpc) is 2.97. The summed E-state index contributed by atoms with van der Waals surface area (Å²) in [5.41, 5.74) is 3.11. The molecule has 6 nitrogen and oxygen atoms in total. The quantitative estimate of drug-likeness (QED) is 0.723. The molecule has 3 rings (SSSR count). The number of hydrogen-bond acceptors (Lipinski definition) is 3. The van der Waals surface area contributed by atoms with Crippen LogP contribution in [0.15, 0.2) is 60.8 Å². The van der Waals surface area contributed by atoms with Crippen LogP contribution in [0, 0.1) is 0 Å². The molecule has 2 aromatic carbocycles.